The van der Waals surface area contributed by atoms with Gasteiger partial charge in [-0.3, -0.25) is 0 Å². The quantitative estimate of drug-likeness (QED) is 0.262. The van der Waals surface area contributed by atoms with Crippen molar-refractivity contribution < 1.29 is 13.2 Å². The number of halogens is 3. The molecule has 1 aliphatic heterocycles. The lowest BCUT2D eigenvalue weighted by atomic mass is 10.0. The summed E-state index contributed by atoms with van der Waals surface area (Å²) in [6.07, 6.45) is -0.00552. The van der Waals surface area contributed by atoms with E-state index in [0.29, 0.717) is 0 Å². The van der Waals surface area contributed by atoms with Gasteiger partial charge in [-0.25, -0.2) is 0 Å². The fourth-order valence-corrected chi connectivity index (χ4v) is 6.39. The second-order valence-corrected chi connectivity index (χ2v) is 9.86. The maximum absolute atomic E-state index is 13.3. The Bertz CT molecular complexity index is 1380. The van der Waals surface area contributed by atoms with Crippen LogP contribution < -0.4 is 0 Å². The van der Waals surface area contributed by atoms with Gasteiger partial charge in [0.2, 0.25) is 0 Å². The summed E-state index contributed by atoms with van der Waals surface area (Å²) in [5.74, 6) is 0. The summed E-state index contributed by atoms with van der Waals surface area (Å²) in [7, 11) is -0.581. The van der Waals surface area contributed by atoms with Crippen molar-refractivity contribution in [2.75, 3.05) is 0 Å². The first-order valence-corrected chi connectivity index (χ1v) is 12.1. The van der Waals surface area contributed by atoms with Gasteiger partial charge in [0.25, 0.3) is 0 Å². The van der Waals surface area contributed by atoms with E-state index < -0.39 is 22.2 Å². The summed E-state index contributed by atoms with van der Waals surface area (Å²) in [5, 5.41) is 0. The molecule has 1 aliphatic rings. The van der Waals surface area contributed by atoms with Crippen LogP contribution in [0.25, 0.3) is 10.5 Å². The SMILES string of the molecule is FC(F)(F)c1ccc(S2=C(c3ccccc3)C=C(c3ccccc3)C=C2c2ccccc2)cc1. The van der Waals surface area contributed by atoms with Gasteiger partial charge >= 0.3 is 6.18 Å². The molecule has 1 atom stereocenters. The standard InChI is InChI=1S/C30H21F3S/c31-30(32,33)26-16-18-27(19-17-26)34-28(23-12-6-2-7-13-23)20-25(22-10-4-1-5-11-22)21-29(34)24-14-8-3-9-15-24/h1-21H. The van der Waals surface area contributed by atoms with Crippen molar-refractivity contribution in [2.45, 2.75) is 11.1 Å². The highest BCUT2D eigenvalue weighted by atomic mass is 32.2. The van der Waals surface area contributed by atoms with E-state index in [1.807, 2.05) is 54.6 Å². The molecule has 4 heteroatoms. The van der Waals surface area contributed by atoms with Gasteiger partial charge in [-0.2, -0.15) is 13.2 Å². The van der Waals surface area contributed by atoms with Crippen molar-refractivity contribution >= 4 is 25.8 Å². The number of hydrogen-bond donors (Lipinski definition) is 0. The Balaban J connectivity index is 1.79. The summed E-state index contributed by atoms with van der Waals surface area (Å²) in [6.45, 7) is 0. The van der Waals surface area contributed by atoms with Gasteiger partial charge in [0, 0.05) is 14.7 Å². The first-order chi connectivity index (χ1) is 16.5. The van der Waals surface area contributed by atoms with Gasteiger partial charge in [0.15, 0.2) is 0 Å². The lowest BCUT2D eigenvalue weighted by molar-refractivity contribution is -0.137. The van der Waals surface area contributed by atoms with Crippen LogP contribution in [0.2, 0.25) is 0 Å². The molecule has 0 N–H and O–H groups in total. The molecular weight excluding hydrogens is 449 g/mol. The third kappa shape index (κ3) is 4.55. The predicted molar refractivity (Wildman–Crippen MR) is 137 cm³/mol. The first kappa shape index (κ1) is 22.2. The second kappa shape index (κ2) is 9.32. The summed E-state index contributed by atoms with van der Waals surface area (Å²) >= 11 is 0. The van der Waals surface area contributed by atoms with Crippen molar-refractivity contribution in [3.05, 3.63) is 150 Å². The zero-order valence-electron chi connectivity index (χ0n) is 18.2. The van der Waals surface area contributed by atoms with Crippen LogP contribution >= 0.6 is 10.5 Å². The summed E-state index contributed by atoms with van der Waals surface area (Å²) in [4.78, 5) is 3.02. The molecule has 0 bridgehead atoms. The van der Waals surface area contributed by atoms with Crippen LogP contribution in [-0.4, -0.2) is 4.86 Å². The Morgan fingerprint density at radius 1 is 0.500 bits per heavy atom. The molecule has 1 unspecified atom stereocenters. The molecule has 0 aromatic heterocycles. The molecular formula is C30H21F3S. The highest BCUT2D eigenvalue weighted by Crippen LogP contribution is 2.48. The van der Waals surface area contributed by atoms with Gasteiger partial charge in [0.1, 0.15) is 0 Å². The van der Waals surface area contributed by atoms with E-state index in [-0.39, 0.29) is 0 Å². The average Bonchev–Trinajstić information content (AvgIpc) is 2.89. The van der Waals surface area contributed by atoms with E-state index in [1.54, 1.807) is 12.1 Å². The molecule has 0 radical (unpaired) electrons. The van der Waals surface area contributed by atoms with Crippen LogP contribution in [0.3, 0.4) is 0 Å². The number of hydrogen-bond acceptors (Lipinski definition) is 0. The number of benzene rings is 4. The van der Waals surface area contributed by atoms with E-state index in [0.717, 1.165) is 36.9 Å². The summed E-state index contributed by atoms with van der Waals surface area (Å²) in [5.41, 5.74) is 3.65. The topological polar surface area (TPSA) is 0 Å². The first-order valence-electron chi connectivity index (χ1n) is 10.9. The molecule has 0 aliphatic carbocycles. The van der Waals surface area contributed by atoms with Crippen LogP contribution in [0.5, 0.6) is 0 Å². The number of alkyl halides is 3. The molecule has 0 spiro atoms. The van der Waals surface area contributed by atoms with Crippen LogP contribution in [0.4, 0.5) is 13.2 Å². The number of rotatable bonds is 4. The monoisotopic (exact) mass is 470 g/mol. The molecule has 4 aromatic carbocycles. The second-order valence-electron chi connectivity index (χ2n) is 7.90. The normalized spacial score (nSPS) is 16.1. The third-order valence-electron chi connectivity index (χ3n) is 5.65. The molecule has 0 saturated heterocycles. The third-order valence-corrected chi connectivity index (χ3v) is 7.98. The molecule has 34 heavy (non-hydrogen) atoms. The van der Waals surface area contributed by atoms with Gasteiger partial charge in [-0.1, -0.05) is 91.0 Å². The molecule has 0 nitrogen and oxygen atoms in total. The average molecular weight is 471 g/mol. The molecule has 0 amide bonds. The Hall–Kier alpha value is -3.63. The van der Waals surface area contributed by atoms with Crippen LogP contribution in [0, 0.1) is 0 Å². The molecule has 4 aromatic rings. The fraction of sp³-hybridized carbons (Fsp3) is 0.0333. The van der Waals surface area contributed by atoms with Gasteiger partial charge in [-0.05, 0) is 58.7 Å². The highest BCUT2D eigenvalue weighted by Gasteiger charge is 2.30. The molecule has 0 saturated carbocycles. The van der Waals surface area contributed by atoms with E-state index >= 15 is 0 Å². The van der Waals surface area contributed by atoms with Gasteiger partial charge in [0.05, 0.1) is 5.56 Å². The smallest absolute Gasteiger partial charge is 0.166 e. The van der Waals surface area contributed by atoms with E-state index in [4.69, 9.17) is 0 Å². The Morgan fingerprint density at radius 2 is 1.00 bits per heavy atom. The largest absolute Gasteiger partial charge is 0.416 e. The van der Waals surface area contributed by atoms with E-state index in [2.05, 4.69) is 48.6 Å². The minimum Gasteiger partial charge on any atom is -0.166 e. The van der Waals surface area contributed by atoms with Crippen molar-refractivity contribution in [1.82, 2.24) is 0 Å². The maximum Gasteiger partial charge on any atom is 0.416 e. The predicted octanol–water partition coefficient (Wildman–Crippen LogP) is 8.69. The lowest BCUT2D eigenvalue weighted by Crippen LogP contribution is -2.06. The van der Waals surface area contributed by atoms with Crippen LogP contribution in [0.1, 0.15) is 22.3 Å². The van der Waals surface area contributed by atoms with Crippen molar-refractivity contribution in [2.24, 2.45) is 0 Å². The minimum absolute atomic E-state index is 0.581. The molecule has 5 rings (SSSR count). The van der Waals surface area contributed by atoms with E-state index in [1.165, 1.54) is 12.1 Å². The molecule has 1 heterocycles. The molecule has 0 fully saturated rings. The fourth-order valence-electron chi connectivity index (χ4n) is 4.00. The Morgan fingerprint density at radius 3 is 1.53 bits per heavy atom. The van der Waals surface area contributed by atoms with Gasteiger partial charge in [-0.15, -0.1) is 10.5 Å². The summed E-state index contributed by atoms with van der Waals surface area (Å²) < 4.78 is 39.8. The van der Waals surface area contributed by atoms with Crippen molar-refractivity contribution in [1.29, 1.82) is 0 Å². The Kier molecular flexibility index (Phi) is 6.08. The minimum atomic E-state index is -4.36. The number of allylic oxidation sites excluding steroid dienone is 3. The Labute approximate surface area is 199 Å². The molecule has 168 valence electrons. The van der Waals surface area contributed by atoms with Crippen molar-refractivity contribution in [3.63, 3.8) is 0 Å². The van der Waals surface area contributed by atoms with Gasteiger partial charge < -0.3 is 0 Å². The van der Waals surface area contributed by atoms with E-state index in [9.17, 15) is 13.2 Å². The zero-order valence-corrected chi connectivity index (χ0v) is 19.0. The lowest BCUT2D eigenvalue weighted by Gasteiger charge is -2.24. The maximum atomic E-state index is 13.3. The van der Waals surface area contributed by atoms with Crippen LogP contribution in [0.15, 0.2) is 132 Å². The van der Waals surface area contributed by atoms with Crippen molar-refractivity contribution in [3.8, 4) is 0 Å². The van der Waals surface area contributed by atoms with Crippen LogP contribution in [-0.2, 0) is 6.18 Å². The summed E-state index contributed by atoms with van der Waals surface area (Å²) in [6, 6.07) is 35.9. The zero-order chi connectivity index (χ0) is 23.5. The highest BCUT2D eigenvalue weighted by molar-refractivity contribution is 8.24.